The molecule has 3 atom stereocenters. The summed E-state index contributed by atoms with van der Waals surface area (Å²) in [6.07, 6.45) is 6.74. The minimum atomic E-state index is 0.163. The summed E-state index contributed by atoms with van der Waals surface area (Å²) in [4.78, 5) is 12.6. The van der Waals surface area contributed by atoms with Gasteiger partial charge in [0.1, 0.15) is 0 Å². The van der Waals surface area contributed by atoms with Gasteiger partial charge >= 0.3 is 0 Å². The van der Waals surface area contributed by atoms with E-state index >= 15 is 0 Å². The van der Waals surface area contributed by atoms with Gasteiger partial charge in [-0.15, -0.1) is 5.10 Å². The van der Waals surface area contributed by atoms with Crippen LogP contribution in [0.5, 0.6) is 0 Å². The quantitative estimate of drug-likeness (QED) is 0.873. The molecule has 0 saturated heterocycles. The zero-order chi connectivity index (χ0) is 15.8. The van der Waals surface area contributed by atoms with E-state index in [-0.39, 0.29) is 11.8 Å². The molecule has 2 fully saturated rings. The maximum absolute atomic E-state index is 12.6. The van der Waals surface area contributed by atoms with Crippen LogP contribution in [0.2, 0.25) is 0 Å². The Morgan fingerprint density at radius 2 is 2.26 bits per heavy atom. The van der Waals surface area contributed by atoms with Gasteiger partial charge in [-0.2, -0.15) is 4.68 Å². The molecule has 0 spiro atoms. The smallest absolute Gasteiger partial charge is 0.227 e. The van der Waals surface area contributed by atoms with Gasteiger partial charge in [0.05, 0.1) is 5.69 Å². The molecule has 2 saturated carbocycles. The van der Waals surface area contributed by atoms with Crippen molar-refractivity contribution in [3.8, 4) is 5.69 Å². The van der Waals surface area contributed by atoms with Crippen LogP contribution in [0.15, 0.2) is 29.4 Å². The van der Waals surface area contributed by atoms with E-state index in [1.54, 1.807) is 4.68 Å². The molecule has 2 bridgehead atoms. The number of nitrogens with one attached hydrogen (secondary N) is 1. The first kappa shape index (κ1) is 14.7. The molecule has 0 aliphatic heterocycles. The van der Waals surface area contributed by atoms with E-state index in [9.17, 15) is 4.79 Å². The molecule has 120 valence electrons. The molecule has 2 aliphatic carbocycles. The van der Waals surface area contributed by atoms with E-state index in [4.69, 9.17) is 0 Å². The Morgan fingerprint density at radius 1 is 1.35 bits per heavy atom. The number of fused-ring (bicyclic) bond motifs is 2. The molecule has 2 aliphatic rings. The van der Waals surface area contributed by atoms with Crippen molar-refractivity contribution in [2.24, 2.45) is 17.8 Å². The fourth-order valence-corrected chi connectivity index (χ4v) is 4.42. The van der Waals surface area contributed by atoms with E-state index in [1.807, 2.05) is 30.5 Å². The first-order chi connectivity index (χ1) is 11.2. The average Bonchev–Trinajstić information content (AvgIpc) is 3.30. The summed E-state index contributed by atoms with van der Waals surface area (Å²) in [5.41, 5.74) is 1.66. The van der Waals surface area contributed by atoms with Crippen molar-refractivity contribution in [3.63, 3.8) is 0 Å². The fourth-order valence-electron chi connectivity index (χ4n) is 3.98. The summed E-state index contributed by atoms with van der Waals surface area (Å²) < 4.78 is 1.68. The van der Waals surface area contributed by atoms with Crippen molar-refractivity contribution < 1.29 is 4.79 Å². The highest BCUT2D eigenvalue weighted by molar-refractivity contribution is 7.98. The molecule has 1 N–H and O–H groups in total. The van der Waals surface area contributed by atoms with Crippen LogP contribution in [0.4, 0.5) is 5.69 Å². The van der Waals surface area contributed by atoms with Crippen molar-refractivity contribution in [1.29, 1.82) is 0 Å². The molecular weight excluding hydrogens is 310 g/mol. The summed E-state index contributed by atoms with van der Waals surface area (Å²) in [5.74, 6) is 1.71. The number of amides is 1. The first-order valence-corrected chi connectivity index (χ1v) is 9.20. The van der Waals surface area contributed by atoms with Crippen LogP contribution in [0.25, 0.3) is 5.69 Å². The van der Waals surface area contributed by atoms with Crippen LogP contribution in [0.3, 0.4) is 0 Å². The van der Waals surface area contributed by atoms with E-state index < -0.39 is 0 Å². The number of carbonyl (C=O) groups is 1. The Labute approximate surface area is 139 Å². The minimum Gasteiger partial charge on any atom is -0.326 e. The third kappa shape index (κ3) is 2.73. The molecule has 1 aromatic carbocycles. The summed E-state index contributed by atoms with van der Waals surface area (Å²) in [6, 6.07) is 7.68. The summed E-state index contributed by atoms with van der Waals surface area (Å²) >= 11 is 1.48. The lowest BCUT2D eigenvalue weighted by atomic mass is 9.88. The zero-order valence-electron chi connectivity index (χ0n) is 13.0. The van der Waals surface area contributed by atoms with E-state index in [0.29, 0.717) is 5.92 Å². The van der Waals surface area contributed by atoms with Crippen molar-refractivity contribution in [2.75, 3.05) is 11.6 Å². The number of tetrazole rings is 1. The van der Waals surface area contributed by atoms with Crippen LogP contribution < -0.4 is 5.32 Å². The highest BCUT2D eigenvalue weighted by Crippen LogP contribution is 2.48. The number of nitrogens with zero attached hydrogens (tertiary/aromatic N) is 4. The third-order valence-electron chi connectivity index (χ3n) is 5.06. The predicted molar refractivity (Wildman–Crippen MR) is 88.5 cm³/mol. The minimum absolute atomic E-state index is 0.163. The maximum Gasteiger partial charge on any atom is 0.227 e. The predicted octanol–water partition coefficient (Wildman–Crippen LogP) is 2.76. The van der Waals surface area contributed by atoms with Crippen molar-refractivity contribution in [1.82, 2.24) is 20.2 Å². The van der Waals surface area contributed by atoms with Crippen LogP contribution in [0.1, 0.15) is 25.7 Å². The third-order valence-corrected chi connectivity index (χ3v) is 5.68. The van der Waals surface area contributed by atoms with Gasteiger partial charge in [-0.3, -0.25) is 4.79 Å². The van der Waals surface area contributed by atoms with Gasteiger partial charge in [0.2, 0.25) is 11.1 Å². The number of rotatable bonds is 4. The zero-order valence-corrected chi connectivity index (χ0v) is 13.8. The number of hydrogen-bond acceptors (Lipinski definition) is 5. The lowest BCUT2D eigenvalue weighted by Crippen LogP contribution is -2.27. The van der Waals surface area contributed by atoms with Gasteiger partial charge in [0.15, 0.2) is 0 Å². The number of hydrogen-bond donors (Lipinski definition) is 1. The SMILES string of the molecule is CSc1nnnn1-c1cccc(NC(=O)[C@H]2C[C@H]3CC[C@H]2C3)c1. The monoisotopic (exact) mass is 329 g/mol. The Morgan fingerprint density at radius 3 is 3.00 bits per heavy atom. The molecule has 0 unspecified atom stereocenters. The second kappa shape index (κ2) is 5.96. The average molecular weight is 329 g/mol. The topological polar surface area (TPSA) is 72.7 Å². The maximum atomic E-state index is 12.6. The Kier molecular flexibility index (Phi) is 3.80. The summed E-state index contributed by atoms with van der Waals surface area (Å²) in [7, 11) is 0. The van der Waals surface area contributed by atoms with Gasteiger partial charge in [-0.25, -0.2) is 0 Å². The molecule has 4 rings (SSSR count). The number of aromatic nitrogens is 4. The lowest BCUT2D eigenvalue weighted by molar-refractivity contribution is -0.121. The lowest BCUT2D eigenvalue weighted by Gasteiger charge is -2.20. The number of anilines is 1. The first-order valence-electron chi connectivity index (χ1n) is 7.98. The van der Waals surface area contributed by atoms with E-state index in [1.165, 1.54) is 31.0 Å². The van der Waals surface area contributed by atoms with Gasteiger partial charge < -0.3 is 5.32 Å². The molecule has 1 amide bonds. The largest absolute Gasteiger partial charge is 0.326 e. The van der Waals surface area contributed by atoms with Crippen LogP contribution in [-0.2, 0) is 4.79 Å². The Bertz CT molecular complexity index is 731. The molecule has 1 heterocycles. The van der Waals surface area contributed by atoms with Crippen LogP contribution in [0, 0.1) is 17.8 Å². The molecule has 7 heteroatoms. The van der Waals surface area contributed by atoms with Gasteiger partial charge in [-0.1, -0.05) is 24.2 Å². The van der Waals surface area contributed by atoms with Gasteiger partial charge in [0, 0.05) is 11.6 Å². The fraction of sp³-hybridized carbons (Fsp3) is 0.500. The molecule has 1 aromatic heterocycles. The highest BCUT2D eigenvalue weighted by Gasteiger charge is 2.42. The standard InChI is InChI=1S/C16H19N5OS/c1-23-16-18-19-20-21(16)13-4-2-3-12(9-13)17-15(22)14-8-10-5-6-11(14)7-10/h2-4,9-11,14H,5-8H2,1H3,(H,17,22)/t10-,11-,14-/m0/s1. The number of benzene rings is 1. The second-order valence-corrected chi connectivity index (χ2v) is 7.17. The highest BCUT2D eigenvalue weighted by atomic mass is 32.2. The molecule has 2 aromatic rings. The normalized spacial score (nSPS) is 25.7. The molecule has 6 nitrogen and oxygen atoms in total. The number of thioether (sulfide) groups is 1. The van der Waals surface area contributed by atoms with Crippen molar-refractivity contribution >= 4 is 23.4 Å². The molecular formula is C16H19N5OS. The second-order valence-electron chi connectivity index (χ2n) is 6.40. The van der Waals surface area contributed by atoms with E-state index in [2.05, 4.69) is 20.8 Å². The number of carbonyl (C=O) groups excluding carboxylic acids is 1. The summed E-state index contributed by atoms with van der Waals surface area (Å²) in [6.45, 7) is 0. The molecule has 23 heavy (non-hydrogen) atoms. The van der Waals surface area contributed by atoms with Crippen LogP contribution >= 0.6 is 11.8 Å². The van der Waals surface area contributed by atoms with Crippen LogP contribution in [-0.4, -0.2) is 32.4 Å². The van der Waals surface area contributed by atoms with Gasteiger partial charge in [0.25, 0.3) is 0 Å². The Balaban J connectivity index is 1.51. The van der Waals surface area contributed by atoms with Gasteiger partial charge in [-0.05, 0) is 66.0 Å². The van der Waals surface area contributed by atoms with Crippen molar-refractivity contribution in [2.45, 2.75) is 30.8 Å². The summed E-state index contributed by atoms with van der Waals surface area (Å²) in [5, 5.41) is 15.5. The molecule has 0 radical (unpaired) electrons. The van der Waals surface area contributed by atoms with E-state index in [0.717, 1.165) is 28.9 Å². The Hall–Kier alpha value is -1.89. The van der Waals surface area contributed by atoms with Crippen molar-refractivity contribution in [3.05, 3.63) is 24.3 Å².